The lowest BCUT2D eigenvalue weighted by atomic mass is 10.0. The molecular weight excluding hydrogens is 248 g/mol. The molecule has 1 aliphatic carbocycles. The van der Waals surface area contributed by atoms with E-state index in [1.807, 2.05) is 36.5 Å². The Morgan fingerprint density at radius 2 is 1.95 bits per heavy atom. The molecule has 20 heavy (non-hydrogen) atoms. The van der Waals surface area contributed by atoms with Gasteiger partial charge in [-0.1, -0.05) is 18.2 Å². The third kappa shape index (κ3) is 3.58. The first-order chi connectivity index (χ1) is 9.81. The molecule has 1 saturated carbocycles. The van der Waals surface area contributed by atoms with Crippen LogP contribution >= 0.6 is 0 Å². The van der Waals surface area contributed by atoms with Crippen molar-refractivity contribution in [2.24, 2.45) is 5.73 Å². The van der Waals surface area contributed by atoms with Crippen LogP contribution in [0.2, 0.25) is 0 Å². The monoisotopic (exact) mass is 268 g/mol. The summed E-state index contributed by atoms with van der Waals surface area (Å²) in [6, 6.07) is 14.2. The van der Waals surface area contributed by atoms with Crippen LogP contribution < -0.4 is 10.5 Å². The predicted octanol–water partition coefficient (Wildman–Crippen LogP) is 3.26. The fourth-order valence-corrected chi connectivity index (χ4v) is 2.19. The lowest BCUT2D eigenvalue weighted by molar-refractivity contribution is 0.303. The Morgan fingerprint density at radius 3 is 2.60 bits per heavy atom. The highest BCUT2D eigenvalue weighted by Crippen LogP contribution is 2.27. The summed E-state index contributed by atoms with van der Waals surface area (Å²) in [6.45, 7) is 0. The number of benzene rings is 1. The second kappa shape index (κ2) is 6.06. The Labute approximate surface area is 119 Å². The van der Waals surface area contributed by atoms with Crippen LogP contribution in [-0.4, -0.2) is 11.1 Å². The summed E-state index contributed by atoms with van der Waals surface area (Å²) in [5, 5.41) is 0. The van der Waals surface area contributed by atoms with Gasteiger partial charge in [-0.15, -0.1) is 0 Å². The smallest absolute Gasteiger partial charge is 0.119 e. The molecular formula is C17H20N2O. The van der Waals surface area contributed by atoms with E-state index < -0.39 is 0 Å². The van der Waals surface area contributed by atoms with Crippen molar-refractivity contribution < 1.29 is 4.74 Å². The number of aromatic nitrogens is 1. The van der Waals surface area contributed by atoms with E-state index in [1.165, 1.54) is 12.8 Å². The van der Waals surface area contributed by atoms with E-state index in [9.17, 15) is 0 Å². The summed E-state index contributed by atoms with van der Waals surface area (Å²) in [4.78, 5) is 4.32. The van der Waals surface area contributed by atoms with Gasteiger partial charge in [0.1, 0.15) is 5.75 Å². The number of hydrogen-bond donors (Lipinski definition) is 1. The minimum atomic E-state index is 0.0481. The van der Waals surface area contributed by atoms with Crippen molar-refractivity contribution in [3.05, 3.63) is 59.9 Å². The molecule has 104 valence electrons. The molecule has 1 aliphatic rings. The first-order valence-electron chi connectivity index (χ1n) is 7.23. The second-order valence-corrected chi connectivity index (χ2v) is 5.35. The lowest BCUT2D eigenvalue weighted by Gasteiger charge is -2.12. The van der Waals surface area contributed by atoms with Crippen molar-refractivity contribution in [1.29, 1.82) is 0 Å². The van der Waals surface area contributed by atoms with Crippen LogP contribution in [0.4, 0.5) is 0 Å². The summed E-state index contributed by atoms with van der Waals surface area (Å²) in [6.07, 6.45) is 6.45. The van der Waals surface area contributed by atoms with E-state index in [2.05, 4.69) is 17.1 Å². The molecule has 1 unspecified atom stereocenters. The molecule has 0 amide bonds. The molecule has 1 atom stereocenters. The molecule has 0 spiro atoms. The van der Waals surface area contributed by atoms with Crippen LogP contribution in [0.1, 0.15) is 36.6 Å². The van der Waals surface area contributed by atoms with Crippen LogP contribution in [0.3, 0.4) is 0 Å². The number of nitrogens with two attached hydrogens (primary N) is 1. The molecule has 3 rings (SSSR count). The first kappa shape index (κ1) is 13.1. The Hall–Kier alpha value is -1.87. The van der Waals surface area contributed by atoms with E-state index in [-0.39, 0.29) is 6.04 Å². The Kier molecular flexibility index (Phi) is 3.97. The molecule has 2 aromatic rings. The van der Waals surface area contributed by atoms with Crippen molar-refractivity contribution in [3.8, 4) is 5.75 Å². The Bertz CT molecular complexity index is 535. The molecule has 1 aromatic heterocycles. The maximum absolute atomic E-state index is 6.24. The van der Waals surface area contributed by atoms with Gasteiger partial charge in [-0.3, -0.25) is 4.98 Å². The third-order valence-corrected chi connectivity index (χ3v) is 3.57. The quantitative estimate of drug-likeness (QED) is 0.874. The van der Waals surface area contributed by atoms with Crippen LogP contribution in [-0.2, 0) is 6.42 Å². The molecule has 0 bridgehead atoms. The number of nitrogens with zero attached hydrogens (tertiary/aromatic N) is 1. The summed E-state index contributed by atoms with van der Waals surface area (Å²) in [7, 11) is 0. The molecule has 1 heterocycles. The molecule has 0 radical (unpaired) electrons. The van der Waals surface area contributed by atoms with E-state index in [4.69, 9.17) is 10.5 Å². The van der Waals surface area contributed by atoms with E-state index in [1.54, 1.807) is 0 Å². The minimum absolute atomic E-state index is 0.0481. The van der Waals surface area contributed by atoms with Crippen molar-refractivity contribution in [2.45, 2.75) is 37.8 Å². The highest BCUT2D eigenvalue weighted by molar-refractivity contribution is 5.29. The van der Waals surface area contributed by atoms with Crippen molar-refractivity contribution in [1.82, 2.24) is 4.98 Å². The molecule has 1 fully saturated rings. The number of rotatable bonds is 6. The van der Waals surface area contributed by atoms with Gasteiger partial charge in [0.2, 0.25) is 0 Å². The fraction of sp³-hybridized carbons (Fsp3) is 0.353. The first-order valence-corrected chi connectivity index (χ1v) is 7.23. The van der Waals surface area contributed by atoms with Gasteiger partial charge in [0.05, 0.1) is 6.10 Å². The van der Waals surface area contributed by atoms with Gasteiger partial charge in [-0.2, -0.15) is 0 Å². The number of hydrogen-bond acceptors (Lipinski definition) is 3. The summed E-state index contributed by atoms with van der Waals surface area (Å²) < 4.78 is 5.74. The summed E-state index contributed by atoms with van der Waals surface area (Å²) >= 11 is 0. The highest BCUT2D eigenvalue weighted by Gasteiger charge is 2.23. The average molecular weight is 268 g/mol. The average Bonchev–Trinajstić information content (AvgIpc) is 3.31. The number of pyridine rings is 1. The zero-order valence-corrected chi connectivity index (χ0v) is 11.5. The zero-order chi connectivity index (χ0) is 13.8. The molecule has 0 saturated heterocycles. The molecule has 1 aromatic carbocycles. The topological polar surface area (TPSA) is 48.1 Å². The van der Waals surface area contributed by atoms with Crippen LogP contribution in [0, 0.1) is 0 Å². The largest absolute Gasteiger partial charge is 0.490 e. The lowest BCUT2D eigenvalue weighted by Crippen LogP contribution is -2.11. The number of aryl methyl sites for hydroxylation is 1. The van der Waals surface area contributed by atoms with Crippen LogP contribution in [0.25, 0.3) is 0 Å². The molecule has 3 heteroatoms. The molecule has 3 nitrogen and oxygen atoms in total. The maximum atomic E-state index is 6.24. The van der Waals surface area contributed by atoms with Crippen LogP contribution in [0.15, 0.2) is 48.7 Å². The van der Waals surface area contributed by atoms with E-state index in [0.29, 0.717) is 6.10 Å². The highest BCUT2D eigenvalue weighted by atomic mass is 16.5. The van der Waals surface area contributed by atoms with Gasteiger partial charge >= 0.3 is 0 Å². The van der Waals surface area contributed by atoms with Crippen LogP contribution in [0.5, 0.6) is 5.75 Å². The Balaban J connectivity index is 1.54. The normalized spacial score (nSPS) is 15.8. The molecule has 2 N–H and O–H groups in total. The van der Waals surface area contributed by atoms with Gasteiger partial charge in [0, 0.05) is 17.9 Å². The second-order valence-electron chi connectivity index (χ2n) is 5.35. The van der Waals surface area contributed by atoms with E-state index in [0.717, 1.165) is 29.8 Å². The van der Waals surface area contributed by atoms with Crippen molar-refractivity contribution in [2.75, 3.05) is 0 Å². The van der Waals surface area contributed by atoms with Gasteiger partial charge in [0.15, 0.2) is 0 Å². The predicted molar refractivity (Wildman–Crippen MR) is 79.6 cm³/mol. The standard InChI is InChI=1S/C17H20N2O/c18-17(11-6-14-3-1-2-12-19-14)13-4-7-15(8-5-13)20-16-9-10-16/h1-5,7-8,12,16-17H,6,9-11,18H2. The zero-order valence-electron chi connectivity index (χ0n) is 11.5. The summed E-state index contributed by atoms with van der Waals surface area (Å²) in [5.74, 6) is 0.952. The summed E-state index contributed by atoms with van der Waals surface area (Å²) in [5.41, 5.74) is 8.49. The molecule has 0 aliphatic heterocycles. The van der Waals surface area contributed by atoms with Gasteiger partial charge in [0.25, 0.3) is 0 Å². The van der Waals surface area contributed by atoms with Crippen molar-refractivity contribution in [3.63, 3.8) is 0 Å². The fourth-order valence-electron chi connectivity index (χ4n) is 2.19. The Morgan fingerprint density at radius 1 is 1.15 bits per heavy atom. The third-order valence-electron chi connectivity index (χ3n) is 3.57. The maximum Gasteiger partial charge on any atom is 0.119 e. The number of ether oxygens (including phenoxy) is 1. The van der Waals surface area contributed by atoms with E-state index >= 15 is 0 Å². The SMILES string of the molecule is NC(CCc1ccccn1)c1ccc(OC2CC2)cc1. The van der Waals surface area contributed by atoms with Gasteiger partial charge in [-0.05, 0) is 55.5 Å². The van der Waals surface area contributed by atoms with Crippen molar-refractivity contribution >= 4 is 0 Å². The van der Waals surface area contributed by atoms with Gasteiger partial charge in [-0.25, -0.2) is 0 Å². The minimum Gasteiger partial charge on any atom is -0.490 e. The van der Waals surface area contributed by atoms with Gasteiger partial charge < -0.3 is 10.5 Å².